The van der Waals surface area contributed by atoms with Gasteiger partial charge in [-0.2, -0.15) is 0 Å². The molecule has 92 valence electrons. The molecule has 0 fully saturated rings. The lowest BCUT2D eigenvalue weighted by molar-refractivity contribution is 0.0689. The Labute approximate surface area is 116 Å². The van der Waals surface area contributed by atoms with Gasteiger partial charge in [0.25, 0.3) is 0 Å². The molecule has 0 unspecified atom stereocenters. The lowest BCUT2D eigenvalue weighted by Crippen LogP contribution is -2.03. The van der Waals surface area contributed by atoms with Crippen LogP contribution < -0.4 is 5.32 Å². The van der Waals surface area contributed by atoms with Gasteiger partial charge in [-0.15, -0.1) is 10.2 Å². The minimum atomic E-state index is -1.11. The summed E-state index contributed by atoms with van der Waals surface area (Å²) in [6, 6.07) is 8.16. The molecule has 1 heterocycles. The summed E-state index contributed by atoms with van der Waals surface area (Å²) in [5.41, 5.74) is 0.616. The fraction of sp³-hybridized carbons (Fsp3) is 0. The summed E-state index contributed by atoms with van der Waals surface area (Å²) in [5.74, 6) is -0.680. The zero-order valence-electron chi connectivity index (χ0n) is 8.89. The summed E-state index contributed by atoms with van der Waals surface area (Å²) in [5, 5.41) is 19.6. The molecular formula is C11H7BrClN3O2. The number of anilines is 2. The molecule has 0 radical (unpaired) electrons. The molecule has 1 aromatic heterocycles. The molecule has 0 aliphatic carbocycles. The SMILES string of the molecule is O=C(O)c1ccc(Nc2cc(Cl)ccc2Br)nn1. The van der Waals surface area contributed by atoms with E-state index in [1.54, 1.807) is 18.2 Å². The number of carbonyl (C=O) groups is 1. The fourth-order valence-corrected chi connectivity index (χ4v) is 1.76. The second kappa shape index (κ2) is 5.32. The van der Waals surface area contributed by atoms with Crippen molar-refractivity contribution < 1.29 is 9.90 Å². The number of rotatable bonds is 3. The van der Waals surface area contributed by atoms with E-state index in [0.29, 0.717) is 10.8 Å². The highest BCUT2D eigenvalue weighted by Gasteiger charge is 2.06. The van der Waals surface area contributed by atoms with Gasteiger partial charge in [-0.25, -0.2) is 4.79 Å². The number of carboxylic acids is 1. The molecule has 0 spiro atoms. The maximum absolute atomic E-state index is 10.6. The van der Waals surface area contributed by atoms with Crippen LogP contribution >= 0.6 is 27.5 Å². The first-order valence-corrected chi connectivity index (χ1v) is 6.02. The maximum Gasteiger partial charge on any atom is 0.356 e. The Bertz CT molecular complexity index is 589. The van der Waals surface area contributed by atoms with Gasteiger partial charge in [0.1, 0.15) is 0 Å². The third-order valence-corrected chi connectivity index (χ3v) is 3.00. The van der Waals surface area contributed by atoms with Crippen LogP contribution in [-0.2, 0) is 0 Å². The molecule has 0 aliphatic rings. The van der Waals surface area contributed by atoms with Gasteiger partial charge in [0.15, 0.2) is 11.5 Å². The first kappa shape index (κ1) is 12.8. The monoisotopic (exact) mass is 327 g/mol. The summed E-state index contributed by atoms with van der Waals surface area (Å²) >= 11 is 9.24. The molecule has 0 atom stereocenters. The predicted octanol–water partition coefficient (Wildman–Crippen LogP) is 3.33. The van der Waals surface area contributed by atoms with Gasteiger partial charge in [0.2, 0.25) is 0 Å². The molecule has 0 bridgehead atoms. The van der Waals surface area contributed by atoms with E-state index < -0.39 is 5.97 Å². The Morgan fingerprint density at radius 2 is 2.06 bits per heavy atom. The number of nitrogens with zero attached hydrogens (tertiary/aromatic N) is 2. The lowest BCUT2D eigenvalue weighted by atomic mass is 10.3. The standard InChI is InChI=1S/C11H7BrClN3O2/c12-7-2-1-6(13)5-9(7)14-10-4-3-8(11(17)18)15-16-10/h1-5H,(H,14,16)(H,17,18). The molecule has 5 nitrogen and oxygen atoms in total. The van der Waals surface area contributed by atoms with Crippen LogP contribution in [0.3, 0.4) is 0 Å². The van der Waals surface area contributed by atoms with Crippen LogP contribution in [0.2, 0.25) is 5.02 Å². The Kier molecular flexibility index (Phi) is 3.78. The predicted molar refractivity (Wildman–Crippen MR) is 71.4 cm³/mol. The van der Waals surface area contributed by atoms with Crippen LogP contribution in [0.25, 0.3) is 0 Å². The van der Waals surface area contributed by atoms with Crippen molar-refractivity contribution >= 4 is 45.0 Å². The van der Waals surface area contributed by atoms with Crippen molar-refractivity contribution in [2.75, 3.05) is 5.32 Å². The van der Waals surface area contributed by atoms with E-state index in [4.69, 9.17) is 16.7 Å². The van der Waals surface area contributed by atoms with Crippen molar-refractivity contribution in [3.8, 4) is 0 Å². The summed E-state index contributed by atoms with van der Waals surface area (Å²) in [4.78, 5) is 10.6. The average Bonchev–Trinajstić information content (AvgIpc) is 2.34. The van der Waals surface area contributed by atoms with E-state index in [0.717, 1.165) is 10.2 Å². The van der Waals surface area contributed by atoms with Crippen LogP contribution in [0.4, 0.5) is 11.5 Å². The fourth-order valence-electron chi connectivity index (χ4n) is 1.24. The first-order valence-electron chi connectivity index (χ1n) is 4.85. The Morgan fingerprint density at radius 3 is 2.67 bits per heavy atom. The van der Waals surface area contributed by atoms with Gasteiger partial charge >= 0.3 is 5.97 Å². The summed E-state index contributed by atoms with van der Waals surface area (Å²) < 4.78 is 0.816. The first-order chi connectivity index (χ1) is 8.56. The topological polar surface area (TPSA) is 75.1 Å². The molecule has 2 N–H and O–H groups in total. The molecule has 18 heavy (non-hydrogen) atoms. The van der Waals surface area contributed by atoms with Gasteiger partial charge in [-0.3, -0.25) is 0 Å². The van der Waals surface area contributed by atoms with E-state index >= 15 is 0 Å². The van der Waals surface area contributed by atoms with Crippen molar-refractivity contribution in [1.82, 2.24) is 10.2 Å². The van der Waals surface area contributed by atoms with Gasteiger partial charge < -0.3 is 10.4 Å². The van der Waals surface area contributed by atoms with Gasteiger partial charge in [-0.05, 0) is 46.3 Å². The molecule has 0 saturated carbocycles. The van der Waals surface area contributed by atoms with Crippen LogP contribution in [0.15, 0.2) is 34.8 Å². The van der Waals surface area contributed by atoms with Crippen molar-refractivity contribution in [3.05, 3.63) is 45.5 Å². The molecule has 0 saturated heterocycles. The number of hydrogen-bond donors (Lipinski definition) is 2. The Balaban J connectivity index is 2.23. The zero-order valence-corrected chi connectivity index (χ0v) is 11.2. The summed E-state index contributed by atoms with van der Waals surface area (Å²) in [6.45, 7) is 0. The minimum absolute atomic E-state index is 0.106. The van der Waals surface area contributed by atoms with Crippen LogP contribution in [0.1, 0.15) is 10.5 Å². The van der Waals surface area contributed by atoms with E-state index in [1.165, 1.54) is 12.1 Å². The number of nitrogens with one attached hydrogen (secondary N) is 1. The highest BCUT2D eigenvalue weighted by Crippen LogP contribution is 2.27. The van der Waals surface area contributed by atoms with Crippen LogP contribution in [0, 0.1) is 0 Å². The van der Waals surface area contributed by atoms with Crippen molar-refractivity contribution in [1.29, 1.82) is 0 Å². The van der Waals surface area contributed by atoms with Crippen LogP contribution in [-0.4, -0.2) is 21.3 Å². The van der Waals surface area contributed by atoms with Gasteiger partial charge in [0.05, 0.1) is 5.69 Å². The summed E-state index contributed by atoms with van der Waals surface area (Å²) in [6.07, 6.45) is 0. The largest absolute Gasteiger partial charge is 0.476 e. The Hall–Kier alpha value is -1.66. The highest BCUT2D eigenvalue weighted by molar-refractivity contribution is 9.10. The molecule has 2 rings (SSSR count). The quantitative estimate of drug-likeness (QED) is 0.904. The van der Waals surface area contributed by atoms with E-state index in [2.05, 4.69) is 31.4 Å². The molecule has 1 aromatic carbocycles. The smallest absolute Gasteiger partial charge is 0.356 e. The number of aromatic nitrogens is 2. The van der Waals surface area contributed by atoms with Gasteiger partial charge in [-0.1, -0.05) is 11.6 Å². The molecule has 2 aromatic rings. The third-order valence-electron chi connectivity index (χ3n) is 2.07. The second-order valence-electron chi connectivity index (χ2n) is 3.36. The number of carboxylic acid groups (broad SMARTS) is 1. The van der Waals surface area contributed by atoms with Crippen LogP contribution in [0.5, 0.6) is 0 Å². The Morgan fingerprint density at radius 1 is 1.28 bits per heavy atom. The lowest BCUT2D eigenvalue weighted by Gasteiger charge is -2.07. The second-order valence-corrected chi connectivity index (χ2v) is 4.65. The van der Waals surface area contributed by atoms with Crippen molar-refractivity contribution in [3.63, 3.8) is 0 Å². The number of halogens is 2. The molecule has 7 heteroatoms. The van der Waals surface area contributed by atoms with Crippen molar-refractivity contribution in [2.24, 2.45) is 0 Å². The van der Waals surface area contributed by atoms with E-state index in [-0.39, 0.29) is 5.69 Å². The van der Waals surface area contributed by atoms with E-state index in [1.807, 2.05) is 0 Å². The number of aromatic carboxylic acids is 1. The molecule has 0 amide bonds. The zero-order chi connectivity index (χ0) is 13.1. The average molecular weight is 329 g/mol. The highest BCUT2D eigenvalue weighted by atomic mass is 79.9. The minimum Gasteiger partial charge on any atom is -0.476 e. The number of benzene rings is 1. The van der Waals surface area contributed by atoms with E-state index in [9.17, 15) is 4.79 Å². The maximum atomic E-state index is 10.6. The summed E-state index contributed by atoms with van der Waals surface area (Å²) in [7, 11) is 0. The third kappa shape index (κ3) is 2.96. The van der Waals surface area contributed by atoms with Gasteiger partial charge in [0, 0.05) is 9.50 Å². The van der Waals surface area contributed by atoms with Crippen molar-refractivity contribution in [2.45, 2.75) is 0 Å². The number of hydrogen-bond acceptors (Lipinski definition) is 4. The molecular weight excluding hydrogens is 321 g/mol. The normalized spacial score (nSPS) is 10.1. The molecule has 0 aliphatic heterocycles.